The van der Waals surface area contributed by atoms with Gasteiger partial charge in [-0.2, -0.15) is 0 Å². The highest BCUT2D eigenvalue weighted by Crippen LogP contribution is 2.29. The summed E-state index contributed by atoms with van der Waals surface area (Å²) in [4.78, 5) is 26.8. The molecular weight excluding hydrogens is 473 g/mol. The molecule has 0 unspecified atom stereocenters. The van der Waals surface area contributed by atoms with E-state index in [1.54, 1.807) is 35.2 Å². The third kappa shape index (κ3) is 5.82. The molecule has 0 spiro atoms. The standard InChI is InChI=1S/C26H25Cl2N3O3/c1-2-17-5-10-22(11-6-17)31-15-19(13-25(31)32)26(33)30-29-21-9-12-24(23(28)14-21)34-16-18-3-7-20(27)8-4-18/h3-12,14,19,29H,2,13,15-16H2,1H3,(H,30,33)/t19-/m1/s1. The highest BCUT2D eigenvalue weighted by atomic mass is 35.5. The van der Waals surface area contributed by atoms with Crippen LogP contribution >= 0.6 is 23.2 Å². The number of nitrogens with one attached hydrogen (secondary N) is 2. The molecule has 0 saturated carbocycles. The molecule has 1 atom stereocenters. The van der Waals surface area contributed by atoms with Gasteiger partial charge in [-0.25, -0.2) is 0 Å². The van der Waals surface area contributed by atoms with E-state index in [0.717, 1.165) is 17.7 Å². The van der Waals surface area contributed by atoms with Crippen molar-refractivity contribution in [2.75, 3.05) is 16.9 Å². The van der Waals surface area contributed by atoms with Gasteiger partial charge in [0.1, 0.15) is 12.4 Å². The van der Waals surface area contributed by atoms with Gasteiger partial charge in [0.25, 0.3) is 0 Å². The lowest BCUT2D eigenvalue weighted by Crippen LogP contribution is -2.36. The number of halogens is 2. The number of aryl methyl sites for hydroxylation is 1. The number of ether oxygens (including phenoxy) is 1. The van der Waals surface area contributed by atoms with E-state index < -0.39 is 5.92 Å². The molecule has 1 aliphatic heterocycles. The summed E-state index contributed by atoms with van der Waals surface area (Å²) in [6.45, 7) is 2.78. The number of amides is 2. The van der Waals surface area contributed by atoms with Crippen LogP contribution in [0.4, 0.5) is 11.4 Å². The van der Waals surface area contributed by atoms with E-state index in [1.165, 1.54) is 5.56 Å². The van der Waals surface area contributed by atoms with Crippen molar-refractivity contribution in [3.63, 3.8) is 0 Å². The fourth-order valence-corrected chi connectivity index (χ4v) is 4.08. The van der Waals surface area contributed by atoms with Crippen LogP contribution in [0.3, 0.4) is 0 Å². The summed E-state index contributed by atoms with van der Waals surface area (Å²) in [6, 6.07) is 20.4. The smallest absolute Gasteiger partial charge is 0.243 e. The minimum atomic E-state index is -0.441. The van der Waals surface area contributed by atoms with Crippen LogP contribution in [0, 0.1) is 5.92 Å². The Labute approximate surface area is 208 Å². The summed E-state index contributed by atoms with van der Waals surface area (Å²) in [5, 5.41) is 1.07. The quantitative estimate of drug-likeness (QED) is 0.395. The van der Waals surface area contributed by atoms with E-state index in [0.29, 0.717) is 34.6 Å². The number of hydrogen-bond donors (Lipinski definition) is 2. The summed E-state index contributed by atoms with van der Waals surface area (Å²) in [6.07, 6.45) is 1.10. The molecular formula is C26H25Cl2N3O3. The molecule has 176 valence electrons. The van der Waals surface area contributed by atoms with Crippen molar-refractivity contribution in [2.24, 2.45) is 5.92 Å². The van der Waals surface area contributed by atoms with Crippen molar-refractivity contribution in [3.8, 4) is 5.75 Å². The lowest BCUT2D eigenvalue weighted by atomic mass is 10.1. The molecule has 0 aromatic heterocycles. The van der Waals surface area contributed by atoms with Crippen LogP contribution in [-0.4, -0.2) is 18.4 Å². The van der Waals surface area contributed by atoms with Crippen LogP contribution in [0.1, 0.15) is 24.5 Å². The Hall–Kier alpha value is -3.22. The fraction of sp³-hybridized carbons (Fsp3) is 0.231. The Morgan fingerprint density at radius 3 is 2.41 bits per heavy atom. The molecule has 3 aromatic carbocycles. The number of hydrogen-bond acceptors (Lipinski definition) is 4. The zero-order chi connectivity index (χ0) is 24.1. The maximum absolute atomic E-state index is 12.7. The van der Waals surface area contributed by atoms with Gasteiger partial charge in [0.15, 0.2) is 0 Å². The largest absolute Gasteiger partial charge is 0.487 e. The zero-order valence-electron chi connectivity index (χ0n) is 18.7. The van der Waals surface area contributed by atoms with Crippen LogP contribution < -0.4 is 20.5 Å². The van der Waals surface area contributed by atoms with E-state index >= 15 is 0 Å². The van der Waals surface area contributed by atoms with Crippen LogP contribution in [0.2, 0.25) is 10.0 Å². The Balaban J connectivity index is 1.29. The SMILES string of the molecule is CCc1ccc(N2C[C@H](C(=O)NNc3ccc(OCc4ccc(Cl)cc4)c(Cl)c3)CC2=O)cc1. The lowest BCUT2D eigenvalue weighted by Gasteiger charge is -2.17. The molecule has 1 heterocycles. The number of rotatable bonds is 8. The molecule has 2 amide bonds. The molecule has 1 aliphatic rings. The molecule has 0 radical (unpaired) electrons. The van der Waals surface area contributed by atoms with Gasteiger partial charge in [-0.1, -0.05) is 54.4 Å². The summed E-state index contributed by atoms with van der Waals surface area (Å²) in [5.74, 6) is -0.224. The van der Waals surface area contributed by atoms with Gasteiger partial charge in [-0.15, -0.1) is 0 Å². The number of carbonyl (C=O) groups excluding carboxylic acids is 2. The predicted octanol–water partition coefficient (Wildman–Crippen LogP) is 5.63. The Kier molecular flexibility index (Phi) is 7.60. The highest BCUT2D eigenvalue weighted by molar-refractivity contribution is 6.32. The summed E-state index contributed by atoms with van der Waals surface area (Å²) >= 11 is 12.2. The van der Waals surface area contributed by atoms with Crippen molar-refractivity contribution < 1.29 is 14.3 Å². The highest BCUT2D eigenvalue weighted by Gasteiger charge is 2.35. The topological polar surface area (TPSA) is 70.7 Å². The number of anilines is 2. The second-order valence-corrected chi connectivity index (χ2v) is 8.94. The minimum Gasteiger partial charge on any atom is -0.487 e. The second-order valence-electron chi connectivity index (χ2n) is 8.10. The minimum absolute atomic E-state index is 0.0605. The molecule has 3 aromatic rings. The van der Waals surface area contributed by atoms with Gasteiger partial charge >= 0.3 is 0 Å². The third-order valence-electron chi connectivity index (χ3n) is 5.72. The molecule has 6 nitrogen and oxygen atoms in total. The van der Waals surface area contributed by atoms with Crippen molar-refractivity contribution in [1.82, 2.24) is 5.43 Å². The van der Waals surface area contributed by atoms with Crippen molar-refractivity contribution in [3.05, 3.63) is 87.9 Å². The monoisotopic (exact) mass is 497 g/mol. The van der Waals surface area contributed by atoms with Gasteiger partial charge in [-0.3, -0.25) is 20.4 Å². The Morgan fingerprint density at radius 2 is 1.74 bits per heavy atom. The van der Waals surface area contributed by atoms with Gasteiger partial charge < -0.3 is 9.64 Å². The van der Waals surface area contributed by atoms with Crippen molar-refractivity contribution >= 4 is 46.4 Å². The lowest BCUT2D eigenvalue weighted by molar-refractivity contribution is -0.125. The first-order chi connectivity index (χ1) is 16.4. The van der Waals surface area contributed by atoms with Crippen LogP contribution in [0.25, 0.3) is 0 Å². The Bertz CT molecular complexity index is 1170. The predicted molar refractivity (Wildman–Crippen MR) is 135 cm³/mol. The Morgan fingerprint density at radius 1 is 1.03 bits per heavy atom. The first kappa shape index (κ1) is 23.9. The van der Waals surface area contributed by atoms with Gasteiger partial charge in [0, 0.05) is 23.7 Å². The number of nitrogens with zero attached hydrogens (tertiary/aromatic N) is 1. The van der Waals surface area contributed by atoms with Crippen molar-refractivity contribution in [1.29, 1.82) is 0 Å². The van der Waals surface area contributed by atoms with Gasteiger partial charge in [0.05, 0.1) is 16.6 Å². The first-order valence-electron chi connectivity index (χ1n) is 11.0. The normalized spacial score (nSPS) is 15.3. The molecule has 1 saturated heterocycles. The molecule has 0 bridgehead atoms. The van der Waals surface area contributed by atoms with E-state index in [9.17, 15) is 9.59 Å². The first-order valence-corrected chi connectivity index (χ1v) is 11.8. The fourth-order valence-electron chi connectivity index (χ4n) is 3.72. The van der Waals surface area contributed by atoms with Gasteiger partial charge in [-0.05, 0) is 60.0 Å². The summed E-state index contributed by atoms with van der Waals surface area (Å²) < 4.78 is 5.77. The molecule has 8 heteroatoms. The van der Waals surface area contributed by atoms with E-state index in [-0.39, 0.29) is 18.2 Å². The van der Waals surface area contributed by atoms with Gasteiger partial charge in [0.2, 0.25) is 11.8 Å². The molecule has 4 rings (SSSR count). The van der Waals surface area contributed by atoms with E-state index in [1.807, 2.05) is 36.4 Å². The number of carbonyl (C=O) groups is 2. The molecule has 1 fully saturated rings. The average molecular weight is 498 g/mol. The third-order valence-corrected chi connectivity index (χ3v) is 6.27. The average Bonchev–Trinajstić information content (AvgIpc) is 3.24. The zero-order valence-corrected chi connectivity index (χ0v) is 20.2. The molecule has 34 heavy (non-hydrogen) atoms. The van der Waals surface area contributed by atoms with E-state index in [4.69, 9.17) is 27.9 Å². The maximum Gasteiger partial charge on any atom is 0.243 e. The summed E-state index contributed by atoms with van der Waals surface area (Å²) in [7, 11) is 0. The van der Waals surface area contributed by atoms with Crippen molar-refractivity contribution in [2.45, 2.75) is 26.4 Å². The molecule has 0 aliphatic carbocycles. The molecule has 2 N–H and O–H groups in total. The van der Waals surface area contributed by atoms with Crippen LogP contribution in [0.15, 0.2) is 66.7 Å². The van der Waals surface area contributed by atoms with Crippen LogP contribution in [-0.2, 0) is 22.6 Å². The second kappa shape index (κ2) is 10.8. The summed E-state index contributed by atoms with van der Waals surface area (Å²) in [5.41, 5.74) is 9.14. The number of benzene rings is 3. The maximum atomic E-state index is 12.7. The van der Waals surface area contributed by atoms with E-state index in [2.05, 4.69) is 17.8 Å². The van der Waals surface area contributed by atoms with Crippen LogP contribution in [0.5, 0.6) is 5.75 Å². The number of hydrazine groups is 1.